The predicted molar refractivity (Wildman–Crippen MR) is 73.5 cm³/mol. The molecule has 2 fully saturated rings. The predicted octanol–water partition coefficient (Wildman–Crippen LogP) is 1.50. The summed E-state index contributed by atoms with van der Waals surface area (Å²) in [6, 6.07) is -0.305. The molecule has 2 rings (SSSR count). The number of carbonyl (C=O) groups is 2. The Kier molecular flexibility index (Phi) is 4.52. The minimum Gasteiger partial charge on any atom is -0.481 e. The zero-order valence-corrected chi connectivity index (χ0v) is 12.0. The van der Waals surface area contributed by atoms with Crippen LogP contribution in [0.2, 0.25) is 0 Å². The second kappa shape index (κ2) is 5.99. The number of amides is 2. The van der Waals surface area contributed by atoms with Crippen LogP contribution in [0.5, 0.6) is 0 Å². The number of carboxylic acid groups (broad SMARTS) is 1. The second-order valence-corrected chi connectivity index (χ2v) is 6.07. The summed E-state index contributed by atoms with van der Waals surface area (Å²) in [5.41, 5.74) is -0.984. The van der Waals surface area contributed by atoms with Gasteiger partial charge in [-0.05, 0) is 32.1 Å². The van der Waals surface area contributed by atoms with E-state index in [1.807, 2.05) is 0 Å². The van der Waals surface area contributed by atoms with Crippen molar-refractivity contribution in [1.82, 2.24) is 10.6 Å². The second-order valence-electron chi connectivity index (χ2n) is 6.07. The monoisotopic (exact) mass is 284 g/mol. The molecule has 2 aliphatic rings. The van der Waals surface area contributed by atoms with E-state index in [0.29, 0.717) is 19.4 Å². The van der Waals surface area contributed by atoms with E-state index in [2.05, 4.69) is 10.6 Å². The number of ether oxygens (including phenoxy) is 1. The van der Waals surface area contributed by atoms with Crippen LogP contribution < -0.4 is 10.6 Å². The number of hydrogen-bond acceptors (Lipinski definition) is 3. The highest BCUT2D eigenvalue weighted by Gasteiger charge is 2.42. The Morgan fingerprint density at radius 2 is 1.65 bits per heavy atom. The zero-order chi connectivity index (χ0) is 14.6. The van der Waals surface area contributed by atoms with Crippen LogP contribution in [0.15, 0.2) is 0 Å². The van der Waals surface area contributed by atoms with Gasteiger partial charge >= 0.3 is 12.0 Å². The number of hydrogen-bond donors (Lipinski definition) is 3. The molecule has 6 heteroatoms. The van der Waals surface area contributed by atoms with Crippen LogP contribution >= 0.6 is 0 Å². The van der Waals surface area contributed by atoms with Crippen molar-refractivity contribution in [2.24, 2.45) is 5.41 Å². The number of rotatable bonds is 6. The fraction of sp³-hybridized carbons (Fsp3) is 0.857. The smallest absolute Gasteiger partial charge is 0.314 e. The van der Waals surface area contributed by atoms with Gasteiger partial charge in [-0.3, -0.25) is 4.79 Å². The summed E-state index contributed by atoms with van der Waals surface area (Å²) in [4.78, 5) is 23.2. The van der Waals surface area contributed by atoms with Gasteiger partial charge in [-0.25, -0.2) is 4.79 Å². The molecule has 0 radical (unpaired) electrons. The Balaban J connectivity index is 1.75. The van der Waals surface area contributed by atoms with Crippen LogP contribution in [0.4, 0.5) is 4.79 Å². The molecule has 0 aliphatic heterocycles. The number of aliphatic carboxylic acids is 1. The van der Waals surface area contributed by atoms with Crippen molar-refractivity contribution < 1.29 is 19.4 Å². The van der Waals surface area contributed by atoms with E-state index >= 15 is 0 Å². The summed E-state index contributed by atoms with van der Waals surface area (Å²) in [5.74, 6) is -0.803. The molecule has 0 heterocycles. The molecule has 0 aromatic carbocycles. The average Bonchev–Trinajstić information content (AvgIpc) is 2.86. The van der Waals surface area contributed by atoms with Crippen molar-refractivity contribution in [3.8, 4) is 0 Å². The zero-order valence-electron chi connectivity index (χ0n) is 12.0. The van der Waals surface area contributed by atoms with Gasteiger partial charge in [0.1, 0.15) is 0 Å². The molecule has 0 bridgehead atoms. The molecule has 3 N–H and O–H groups in total. The van der Waals surface area contributed by atoms with Gasteiger partial charge < -0.3 is 20.5 Å². The van der Waals surface area contributed by atoms with E-state index in [9.17, 15) is 14.7 Å². The fourth-order valence-electron chi connectivity index (χ4n) is 3.10. The first kappa shape index (κ1) is 15.1. The van der Waals surface area contributed by atoms with Crippen LogP contribution in [0, 0.1) is 5.41 Å². The Morgan fingerprint density at radius 1 is 1.05 bits per heavy atom. The SMILES string of the molecule is COC1(CNC(=O)NCC2(C(=O)O)CCCC2)CCC1. The molecule has 6 nitrogen and oxygen atoms in total. The molecular weight excluding hydrogens is 260 g/mol. The van der Waals surface area contributed by atoms with Crippen molar-refractivity contribution >= 4 is 12.0 Å². The largest absolute Gasteiger partial charge is 0.481 e. The van der Waals surface area contributed by atoms with Crippen LogP contribution in [0.1, 0.15) is 44.9 Å². The maximum absolute atomic E-state index is 11.8. The highest BCUT2D eigenvalue weighted by molar-refractivity contribution is 5.78. The van der Waals surface area contributed by atoms with E-state index in [1.165, 1.54) is 0 Å². The van der Waals surface area contributed by atoms with Crippen LogP contribution in [-0.2, 0) is 9.53 Å². The lowest BCUT2D eigenvalue weighted by Gasteiger charge is -2.40. The topological polar surface area (TPSA) is 87.7 Å². The van der Waals surface area contributed by atoms with Gasteiger partial charge in [0.15, 0.2) is 0 Å². The minimum absolute atomic E-state index is 0.203. The summed E-state index contributed by atoms with van der Waals surface area (Å²) in [6.45, 7) is 0.684. The number of urea groups is 1. The van der Waals surface area contributed by atoms with Gasteiger partial charge in [0.05, 0.1) is 11.0 Å². The standard InChI is InChI=1S/C14H24N2O4/c1-20-14(7-4-8-14)10-16-12(19)15-9-13(11(17)18)5-2-3-6-13/h2-10H2,1H3,(H,17,18)(H2,15,16,19). The molecule has 20 heavy (non-hydrogen) atoms. The van der Waals surface area contributed by atoms with Gasteiger partial charge in [0.25, 0.3) is 0 Å². The van der Waals surface area contributed by atoms with E-state index in [1.54, 1.807) is 7.11 Å². The summed E-state index contributed by atoms with van der Waals surface area (Å²) in [5, 5.41) is 14.8. The normalized spacial score (nSPS) is 22.9. The number of carbonyl (C=O) groups excluding carboxylic acids is 1. The summed E-state index contributed by atoms with van der Waals surface area (Å²) < 4.78 is 5.42. The van der Waals surface area contributed by atoms with Crippen molar-refractivity contribution in [3.63, 3.8) is 0 Å². The highest BCUT2D eigenvalue weighted by Crippen LogP contribution is 2.37. The van der Waals surface area contributed by atoms with Crippen molar-refractivity contribution in [2.45, 2.75) is 50.5 Å². The number of methoxy groups -OCH3 is 1. The van der Waals surface area contributed by atoms with Crippen molar-refractivity contribution in [3.05, 3.63) is 0 Å². The fourth-order valence-corrected chi connectivity index (χ4v) is 3.10. The van der Waals surface area contributed by atoms with Crippen LogP contribution in [0.3, 0.4) is 0 Å². The molecule has 0 saturated heterocycles. The lowest BCUT2D eigenvalue weighted by atomic mass is 9.80. The molecule has 2 amide bonds. The first-order chi connectivity index (χ1) is 9.52. The Bertz CT molecular complexity index is 368. The van der Waals surface area contributed by atoms with Crippen LogP contribution in [0.25, 0.3) is 0 Å². The van der Waals surface area contributed by atoms with E-state index in [4.69, 9.17) is 4.74 Å². The molecule has 0 atom stereocenters. The van der Waals surface area contributed by atoms with Crippen LogP contribution in [-0.4, -0.2) is 42.9 Å². The number of nitrogens with one attached hydrogen (secondary N) is 2. The summed E-state index contributed by atoms with van der Waals surface area (Å²) in [6.07, 6.45) is 6.17. The number of carboxylic acids is 1. The Morgan fingerprint density at radius 3 is 2.10 bits per heavy atom. The van der Waals surface area contributed by atoms with Gasteiger partial charge in [-0.2, -0.15) is 0 Å². The van der Waals surface area contributed by atoms with E-state index in [0.717, 1.165) is 32.1 Å². The molecular formula is C14H24N2O4. The van der Waals surface area contributed by atoms with Crippen molar-refractivity contribution in [1.29, 1.82) is 0 Å². The maximum Gasteiger partial charge on any atom is 0.314 e. The first-order valence-corrected chi connectivity index (χ1v) is 7.32. The van der Waals surface area contributed by atoms with E-state index in [-0.39, 0.29) is 18.2 Å². The first-order valence-electron chi connectivity index (χ1n) is 7.32. The molecule has 0 unspecified atom stereocenters. The molecule has 0 aromatic heterocycles. The third-order valence-corrected chi connectivity index (χ3v) is 4.87. The van der Waals surface area contributed by atoms with Gasteiger partial charge in [0.2, 0.25) is 0 Å². The molecule has 2 aliphatic carbocycles. The molecule has 0 aromatic rings. The van der Waals surface area contributed by atoms with Gasteiger partial charge in [-0.1, -0.05) is 12.8 Å². The average molecular weight is 284 g/mol. The minimum atomic E-state index is -0.803. The van der Waals surface area contributed by atoms with E-state index < -0.39 is 11.4 Å². The molecule has 114 valence electrons. The maximum atomic E-state index is 11.8. The third kappa shape index (κ3) is 3.06. The van der Waals surface area contributed by atoms with Gasteiger partial charge in [0, 0.05) is 20.2 Å². The Hall–Kier alpha value is -1.30. The molecule has 0 spiro atoms. The quantitative estimate of drug-likeness (QED) is 0.689. The lowest BCUT2D eigenvalue weighted by Crippen LogP contribution is -2.52. The third-order valence-electron chi connectivity index (χ3n) is 4.87. The Labute approximate surface area is 119 Å². The van der Waals surface area contributed by atoms with Gasteiger partial charge in [-0.15, -0.1) is 0 Å². The summed E-state index contributed by atoms with van der Waals surface area (Å²) >= 11 is 0. The lowest BCUT2D eigenvalue weighted by molar-refractivity contribution is -0.148. The van der Waals surface area contributed by atoms with Crippen molar-refractivity contribution in [2.75, 3.05) is 20.2 Å². The molecule has 2 saturated carbocycles. The summed E-state index contributed by atoms with van der Waals surface area (Å²) in [7, 11) is 1.66. The highest BCUT2D eigenvalue weighted by atomic mass is 16.5.